The van der Waals surface area contributed by atoms with Crippen molar-refractivity contribution in [1.82, 2.24) is 4.90 Å². The maximum absolute atomic E-state index is 12.5. The van der Waals surface area contributed by atoms with Crippen LogP contribution in [0.2, 0.25) is 0 Å². The van der Waals surface area contributed by atoms with E-state index in [4.69, 9.17) is 0 Å². The van der Waals surface area contributed by atoms with Gasteiger partial charge in [-0.3, -0.25) is 4.90 Å². The average molecular weight is 289 g/mol. The first kappa shape index (κ1) is 17.0. The highest BCUT2D eigenvalue weighted by molar-refractivity contribution is 5.17. The van der Waals surface area contributed by atoms with Crippen LogP contribution in [-0.4, -0.2) is 35.8 Å². The maximum atomic E-state index is 12.5. The van der Waals surface area contributed by atoms with E-state index in [-0.39, 0.29) is 12.5 Å². The minimum atomic E-state index is -4.20. The van der Waals surface area contributed by atoms with Gasteiger partial charge in [0.25, 0.3) is 0 Å². The number of hydrogen-bond donors (Lipinski definition) is 1. The highest BCUT2D eigenvalue weighted by atomic mass is 19.4. The number of rotatable bonds is 7. The van der Waals surface area contributed by atoms with Gasteiger partial charge >= 0.3 is 6.18 Å². The fraction of sp³-hybridized carbons (Fsp3) is 0.600. The van der Waals surface area contributed by atoms with Crippen LogP contribution in [0, 0.1) is 5.92 Å². The first-order valence-corrected chi connectivity index (χ1v) is 6.85. The Hall–Kier alpha value is -1.07. The van der Waals surface area contributed by atoms with Gasteiger partial charge in [0, 0.05) is 6.54 Å². The van der Waals surface area contributed by atoms with Crippen molar-refractivity contribution < 1.29 is 18.3 Å². The van der Waals surface area contributed by atoms with Gasteiger partial charge < -0.3 is 5.11 Å². The van der Waals surface area contributed by atoms with Crippen molar-refractivity contribution in [3.8, 4) is 0 Å². The van der Waals surface area contributed by atoms with E-state index in [0.717, 1.165) is 5.56 Å². The molecule has 114 valence electrons. The molecule has 0 aliphatic carbocycles. The monoisotopic (exact) mass is 289 g/mol. The molecule has 1 aromatic carbocycles. The van der Waals surface area contributed by atoms with E-state index in [1.165, 1.54) is 4.90 Å². The predicted octanol–water partition coefficient (Wildman–Crippen LogP) is 3.63. The summed E-state index contributed by atoms with van der Waals surface area (Å²) in [7, 11) is 0. The molecular weight excluding hydrogens is 267 g/mol. The Labute approximate surface area is 118 Å². The minimum Gasteiger partial charge on any atom is -0.388 e. The summed E-state index contributed by atoms with van der Waals surface area (Å²) in [5.41, 5.74) is 0.739. The third-order valence-corrected chi connectivity index (χ3v) is 3.17. The summed E-state index contributed by atoms with van der Waals surface area (Å²) in [4.78, 5) is 1.36. The Balaban J connectivity index is 2.63. The van der Waals surface area contributed by atoms with E-state index in [1.807, 2.05) is 25.1 Å². The molecule has 0 radical (unpaired) electrons. The van der Waals surface area contributed by atoms with Crippen molar-refractivity contribution in [3.05, 3.63) is 35.9 Å². The van der Waals surface area contributed by atoms with Crippen LogP contribution in [0.15, 0.2) is 30.3 Å². The molecule has 2 atom stereocenters. The predicted molar refractivity (Wildman–Crippen MR) is 73.4 cm³/mol. The molecule has 2 unspecified atom stereocenters. The fourth-order valence-electron chi connectivity index (χ4n) is 2.29. The minimum absolute atomic E-state index is 0.226. The Morgan fingerprint density at radius 1 is 1.20 bits per heavy atom. The Bertz CT molecular complexity index is 380. The summed E-state index contributed by atoms with van der Waals surface area (Å²) in [5, 5.41) is 10.2. The second kappa shape index (κ2) is 7.64. The molecule has 0 aliphatic rings. The summed E-state index contributed by atoms with van der Waals surface area (Å²) in [6.07, 6.45) is -4.29. The molecule has 20 heavy (non-hydrogen) atoms. The lowest BCUT2D eigenvalue weighted by Gasteiger charge is -2.28. The molecule has 0 saturated heterocycles. The van der Waals surface area contributed by atoms with E-state index < -0.39 is 18.8 Å². The van der Waals surface area contributed by atoms with Crippen LogP contribution >= 0.6 is 0 Å². The van der Waals surface area contributed by atoms with Gasteiger partial charge in [-0.05, 0) is 24.4 Å². The summed E-state index contributed by atoms with van der Waals surface area (Å²) in [6, 6.07) is 9.04. The van der Waals surface area contributed by atoms with Crippen LogP contribution in [-0.2, 0) is 0 Å². The largest absolute Gasteiger partial charge is 0.401 e. The first-order chi connectivity index (χ1) is 9.33. The van der Waals surface area contributed by atoms with Crippen molar-refractivity contribution in [3.63, 3.8) is 0 Å². The lowest BCUT2D eigenvalue weighted by molar-refractivity contribution is -0.148. The maximum Gasteiger partial charge on any atom is 0.401 e. The van der Waals surface area contributed by atoms with Gasteiger partial charge in [0.1, 0.15) is 0 Å². The summed E-state index contributed by atoms with van der Waals surface area (Å²) in [6.45, 7) is 3.31. The van der Waals surface area contributed by atoms with Gasteiger partial charge in [-0.1, -0.05) is 44.2 Å². The molecule has 0 heterocycles. The molecule has 1 N–H and O–H groups in total. The van der Waals surface area contributed by atoms with E-state index >= 15 is 0 Å². The molecule has 2 nitrogen and oxygen atoms in total. The lowest BCUT2D eigenvalue weighted by atomic mass is 9.97. The standard InChI is InChI=1S/C15H22F3NO/c1-3-9-19(11-15(16,17)18)10-12(2)14(20)13-7-5-4-6-8-13/h4-8,12,14,20H,3,9-11H2,1-2H3. The summed E-state index contributed by atoms with van der Waals surface area (Å²) >= 11 is 0. The third-order valence-electron chi connectivity index (χ3n) is 3.17. The Morgan fingerprint density at radius 3 is 2.30 bits per heavy atom. The van der Waals surface area contributed by atoms with Crippen molar-refractivity contribution in [2.24, 2.45) is 5.92 Å². The van der Waals surface area contributed by atoms with Gasteiger partial charge in [-0.25, -0.2) is 0 Å². The number of hydrogen-bond acceptors (Lipinski definition) is 2. The van der Waals surface area contributed by atoms with E-state index in [9.17, 15) is 18.3 Å². The molecule has 1 aromatic rings. The molecule has 0 aliphatic heterocycles. The number of benzene rings is 1. The molecule has 0 fully saturated rings. The molecule has 0 bridgehead atoms. The molecule has 0 saturated carbocycles. The van der Waals surface area contributed by atoms with Crippen molar-refractivity contribution in [2.45, 2.75) is 32.5 Å². The number of halogens is 3. The second-order valence-electron chi connectivity index (χ2n) is 5.18. The lowest BCUT2D eigenvalue weighted by Crippen LogP contribution is -2.38. The average Bonchev–Trinajstić information content (AvgIpc) is 2.37. The molecule has 1 rings (SSSR count). The van der Waals surface area contributed by atoms with E-state index in [0.29, 0.717) is 13.0 Å². The van der Waals surface area contributed by atoms with Crippen LogP contribution in [0.1, 0.15) is 31.9 Å². The highest BCUT2D eigenvalue weighted by Gasteiger charge is 2.31. The molecule has 0 aromatic heterocycles. The summed E-state index contributed by atoms with van der Waals surface area (Å²) in [5.74, 6) is -0.258. The number of nitrogens with zero attached hydrogens (tertiary/aromatic N) is 1. The highest BCUT2D eigenvalue weighted by Crippen LogP contribution is 2.24. The van der Waals surface area contributed by atoms with Gasteiger partial charge in [0.15, 0.2) is 0 Å². The van der Waals surface area contributed by atoms with Gasteiger partial charge in [0.05, 0.1) is 12.6 Å². The number of alkyl halides is 3. The smallest absolute Gasteiger partial charge is 0.388 e. The SMILES string of the molecule is CCCN(CC(C)C(O)c1ccccc1)CC(F)(F)F. The zero-order chi connectivity index (χ0) is 15.2. The van der Waals surface area contributed by atoms with Crippen molar-refractivity contribution >= 4 is 0 Å². The van der Waals surface area contributed by atoms with Gasteiger partial charge in [0.2, 0.25) is 0 Å². The zero-order valence-electron chi connectivity index (χ0n) is 11.9. The zero-order valence-corrected chi connectivity index (χ0v) is 11.9. The quantitative estimate of drug-likeness (QED) is 0.828. The first-order valence-electron chi connectivity index (χ1n) is 6.85. The normalized spacial score (nSPS) is 15.3. The molecule has 0 spiro atoms. The van der Waals surface area contributed by atoms with Crippen LogP contribution in [0.25, 0.3) is 0 Å². The van der Waals surface area contributed by atoms with E-state index in [1.54, 1.807) is 19.1 Å². The second-order valence-corrected chi connectivity index (χ2v) is 5.18. The van der Waals surface area contributed by atoms with Crippen LogP contribution in [0.4, 0.5) is 13.2 Å². The van der Waals surface area contributed by atoms with Crippen LogP contribution in [0.3, 0.4) is 0 Å². The third kappa shape index (κ3) is 5.92. The number of aliphatic hydroxyl groups excluding tert-OH is 1. The number of aliphatic hydroxyl groups is 1. The Kier molecular flexibility index (Phi) is 6.49. The van der Waals surface area contributed by atoms with Crippen LogP contribution in [0.5, 0.6) is 0 Å². The molecule has 0 amide bonds. The summed E-state index contributed by atoms with van der Waals surface area (Å²) < 4.78 is 37.5. The van der Waals surface area contributed by atoms with Gasteiger partial charge in [-0.15, -0.1) is 0 Å². The van der Waals surface area contributed by atoms with E-state index in [2.05, 4.69) is 0 Å². The topological polar surface area (TPSA) is 23.5 Å². The molecular formula is C15H22F3NO. The van der Waals surface area contributed by atoms with Crippen molar-refractivity contribution in [1.29, 1.82) is 0 Å². The molecule has 5 heteroatoms. The Morgan fingerprint density at radius 2 is 1.80 bits per heavy atom. The van der Waals surface area contributed by atoms with Crippen LogP contribution < -0.4 is 0 Å². The fourth-order valence-corrected chi connectivity index (χ4v) is 2.29. The van der Waals surface area contributed by atoms with Crippen molar-refractivity contribution in [2.75, 3.05) is 19.6 Å². The van der Waals surface area contributed by atoms with Gasteiger partial charge in [-0.2, -0.15) is 13.2 Å².